The lowest BCUT2D eigenvalue weighted by molar-refractivity contribution is -0.120. The van der Waals surface area contributed by atoms with Crippen molar-refractivity contribution in [2.24, 2.45) is 23.3 Å². The Kier molecular flexibility index (Phi) is 6.67. The van der Waals surface area contributed by atoms with E-state index in [-0.39, 0.29) is 24.4 Å². The lowest BCUT2D eigenvalue weighted by Gasteiger charge is -2.24. The Morgan fingerprint density at radius 3 is 2.24 bits per heavy atom. The fourth-order valence-electron chi connectivity index (χ4n) is 4.90. The molecule has 4 rings (SSSR count). The normalized spacial score (nSPS) is 19.2. The molecule has 2 aliphatic rings. The maximum Gasteiger partial charge on any atom is 0.317 e. The Bertz CT molecular complexity index is 1080. The summed E-state index contributed by atoms with van der Waals surface area (Å²) >= 11 is 0. The number of hydrogen-bond acceptors (Lipinski definition) is 7. The highest BCUT2D eigenvalue weighted by atomic mass is 16.5. The molecule has 0 aliphatic carbocycles. The number of primary amides is 2. The van der Waals surface area contributed by atoms with E-state index >= 15 is 0 Å². The molecule has 3 heterocycles. The number of carbonyl (C=O) groups is 3. The SMILES string of the molecule is Cc1nc(OCC(N)=O)nc(C)c1C(=O)N1CC2CN(c3cccc(CCC(N)=O)c3)CC2C1. The predicted molar refractivity (Wildman–Crippen MR) is 125 cm³/mol. The summed E-state index contributed by atoms with van der Waals surface area (Å²) in [5, 5.41) is 0. The molecule has 0 bridgehead atoms. The number of carbonyl (C=O) groups excluding carboxylic acids is 3. The summed E-state index contributed by atoms with van der Waals surface area (Å²) < 4.78 is 5.19. The molecular weight excluding hydrogens is 436 g/mol. The lowest BCUT2D eigenvalue weighted by Crippen LogP contribution is -2.34. The van der Waals surface area contributed by atoms with E-state index in [1.807, 2.05) is 17.0 Å². The molecule has 1 aromatic carbocycles. The third kappa shape index (κ3) is 5.11. The van der Waals surface area contributed by atoms with Crippen LogP contribution in [0, 0.1) is 25.7 Å². The number of amides is 3. The van der Waals surface area contributed by atoms with E-state index in [0.717, 1.165) is 24.3 Å². The van der Waals surface area contributed by atoms with Gasteiger partial charge in [0.25, 0.3) is 11.8 Å². The van der Waals surface area contributed by atoms with Crippen LogP contribution in [0.5, 0.6) is 6.01 Å². The van der Waals surface area contributed by atoms with E-state index in [0.29, 0.717) is 54.7 Å². The molecule has 10 heteroatoms. The van der Waals surface area contributed by atoms with Gasteiger partial charge in [0.2, 0.25) is 5.91 Å². The number of aromatic nitrogens is 2. The summed E-state index contributed by atoms with van der Waals surface area (Å²) in [7, 11) is 0. The fourth-order valence-corrected chi connectivity index (χ4v) is 4.90. The first-order chi connectivity index (χ1) is 16.2. The maximum atomic E-state index is 13.3. The molecule has 2 saturated heterocycles. The number of rotatable bonds is 8. The summed E-state index contributed by atoms with van der Waals surface area (Å²) in [5.41, 5.74) is 14.1. The first-order valence-electron chi connectivity index (χ1n) is 11.4. The van der Waals surface area contributed by atoms with Crippen molar-refractivity contribution in [1.82, 2.24) is 14.9 Å². The number of fused-ring (bicyclic) bond motifs is 1. The van der Waals surface area contributed by atoms with Crippen molar-refractivity contribution in [2.75, 3.05) is 37.7 Å². The van der Waals surface area contributed by atoms with Gasteiger partial charge in [-0.1, -0.05) is 12.1 Å². The van der Waals surface area contributed by atoms with Crippen LogP contribution in [0.25, 0.3) is 0 Å². The second-order valence-electron chi connectivity index (χ2n) is 9.08. The van der Waals surface area contributed by atoms with Crippen molar-refractivity contribution in [1.29, 1.82) is 0 Å². The molecule has 34 heavy (non-hydrogen) atoms. The molecule has 2 atom stereocenters. The summed E-state index contributed by atoms with van der Waals surface area (Å²) in [6, 6.07) is 8.28. The molecule has 1 aromatic heterocycles. The molecule has 0 radical (unpaired) electrons. The Hall–Kier alpha value is -3.69. The van der Waals surface area contributed by atoms with E-state index in [4.69, 9.17) is 16.2 Å². The molecule has 2 fully saturated rings. The van der Waals surface area contributed by atoms with Gasteiger partial charge in [-0.15, -0.1) is 0 Å². The average molecular weight is 467 g/mol. The van der Waals surface area contributed by atoms with Crippen molar-refractivity contribution in [2.45, 2.75) is 26.7 Å². The summed E-state index contributed by atoms with van der Waals surface area (Å²) in [4.78, 5) is 48.0. The zero-order valence-corrected chi connectivity index (χ0v) is 19.5. The highest BCUT2D eigenvalue weighted by Crippen LogP contribution is 2.35. The van der Waals surface area contributed by atoms with Crippen LogP contribution in [0.15, 0.2) is 24.3 Å². The van der Waals surface area contributed by atoms with Crippen LogP contribution in [-0.2, 0) is 16.0 Å². The van der Waals surface area contributed by atoms with Crippen LogP contribution in [0.2, 0.25) is 0 Å². The number of anilines is 1. The van der Waals surface area contributed by atoms with Crippen LogP contribution < -0.4 is 21.1 Å². The fraction of sp³-hybridized carbons (Fsp3) is 0.458. The van der Waals surface area contributed by atoms with Gasteiger partial charge in [-0.3, -0.25) is 14.4 Å². The van der Waals surface area contributed by atoms with Gasteiger partial charge in [0, 0.05) is 50.1 Å². The van der Waals surface area contributed by atoms with E-state index in [2.05, 4.69) is 27.0 Å². The van der Waals surface area contributed by atoms with Gasteiger partial charge in [0.1, 0.15) is 0 Å². The first kappa shape index (κ1) is 23.5. The minimum atomic E-state index is -0.617. The summed E-state index contributed by atoms with van der Waals surface area (Å²) in [6.07, 6.45) is 0.978. The van der Waals surface area contributed by atoms with Gasteiger partial charge in [0.05, 0.1) is 17.0 Å². The molecule has 3 amide bonds. The Morgan fingerprint density at radius 1 is 1.00 bits per heavy atom. The quantitative estimate of drug-likeness (QED) is 0.579. The number of nitrogens with two attached hydrogens (primary N) is 2. The highest BCUT2D eigenvalue weighted by Gasteiger charge is 2.42. The first-order valence-corrected chi connectivity index (χ1v) is 11.4. The minimum absolute atomic E-state index is 0.0392. The number of ether oxygens (including phenoxy) is 1. The van der Waals surface area contributed by atoms with Gasteiger partial charge < -0.3 is 26.0 Å². The van der Waals surface area contributed by atoms with Gasteiger partial charge in [0.15, 0.2) is 6.61 Å². The van der Waals surface area contributed by atoms with Crippen molar-refractivity contribution in [3.63, 3.8) is 0 Å². The van der Waals surface area contributed by atoms with Gasteiger partial charge >= 0.3 is 6.01 Å². The maximum absolute atomic E-state index is 13.3. The molecular formula is C24H30N6O4. The third-order valence-electron chi connectivity index (χ3n) is 6.52. The largest absolute Gasteiger partial charge is 0.453 e. The Morgan fingerprint density at radius 2 is 1.65 bits per heavy atom. The van der Waals surface area contributed by atoms with Crippen molar-refractivity contribution >= 4 is 23.4 Å². The van der Waals surface area contributed by atoms with E-state index < -0.39 is 5.91 Å². The van der Waals surface area contributed by atoms with Crippen LogP contribution in [0.1, 0.15) is 33.7 Å². The van der Waals surface area contributed by atoms with E-state index in [1.54, 1.807) is 13.8 Å². The molecule has 180 valence electrons. The number of hydrogen-bond donors (Lipinski definition) is 2. The van der Waals surface area contributed by atoms with Gasteiger partial charge in [-0.25, -0.2) is 0 Å². The summed E-state index contributed by atoms with van der Waals surface area (Å²) in [6.45, 7) is 6.28. The topological polar surface area (TPSA) is 145 Å². The summed E-state index contributed by atoms with van der Waals surface area (Å²) in [5.74, 6) is -0.217. The minimum Gasteiger partial charge on any atom is -0.453 e. The molecule has 2 unspecified atom stereocenters. The monoisotopic (exact) mass is 466 g/mol. The lowest BCUT2D eigenvalue weighted by atomic mass is 10.0. The van der Waals surface area contributed by atoms with Crippen molar-refractivity contribution in [3.8, 4) is 6.01 Å². The predicted octanol–water partition coefficient (Wildman–Crippen LogP) is 0.584. The zero-order valence-electron chi connectivity index (χ0n) is 19.5. The number of likely N-dealkylation sites (tertiary alicyclic amines) is 1. The number of benzene rings is 1. The van der Waals surface area contributed by atoms with Crippen LogP contribution in [0.4, 0.5) is 5.69 Å². The van der Waals surface area contributed by atoms with Crippen LogP contribution in [-0.4, -0.2) is 65.4 Å². The second kappa shape index (κ2) is 9.66. The molecule has 4 N–H and O–H groups in total. The molecule has 2 aromatic rings. The molecule has 0 spiro atoms. The average Bonchev–Trinajstić information content (AvgIpc) is 3.35. The van der Waals surface area contributed by atoms with Crippen molar-refractivity contribution in [3.05, 3.63) is 46.8 Å². The standard InChI is InChI=1S/C24H30N6O4/c1-14-22(15(2)28-24(27-14)34-13-21(26)32)23(33)30-11-17-9-29(10-18(17)12-30)19-5-3-4-16(8-19)6-7-20(25)31/h3-5,8,17-18H,6-7,9-13H2,1-2H3,(H2,25,31)(H2,26,32). The molecule has 0 saturated carbocycles. The van der Waals surface area contributed by atoms with Gasteiger partial charge in [-0.2, -0.15) is 9.97 Å². The van der Waals surface area contributed by atoms with Crippen molar-refractivity contribution < 1.29 is 19.1 Å². The van der Waals surface area contributed by atoms with E-state index in [1.165, 1.54) is 0 Å². The highest BCUT2D eigenvalue weighted by molar-refractivity contribution is 5.96. The van der Waals surface area contributed by atoms with E-state index in [9.17, 15) is 14.4 Å². The smallest absolute Gasteiger partial charge is 0.317 e. The zero-order chi connectivity index (χ0) is 24.4. The Labute approximate surface area is 198 Å². The number of nitrogens with zero attached hydrogens (tertiary/aromatic N) is 4. The number of aryl methyl sites for hydroxylation is 3. The van der Waals surface area contributed by atoms with Crippen LogP contribution >= 0.6 is 0 Å². The second-order valence-corrected chi connectivity index (χ2v) is 9.08. The Balaban J connectivity index is 1.39. The molecule has 10 nitrogen and oxygen atoms in total. The third-order valence-corrected chi connectivity index (χ3v) is 6.52. The van der Waals surface area contributed by atoms with Crippen LogP contribution in [0.3, 0.4) is 0 Å². The molecule has 2 aliphatic heterocycles. The van der Waals surface area contributed by atoms with Gasteiger partial charge in [-0.05, 0) is 38.0 Å².